The number of carbonyl (C=O) groups excluding carboxylic acids is 1. The van der Waals surface area contributed by atoms with Gasteiger partial charge in [0.2, 0.25) is 15.9 Å². The third-order valence-electron chi connectivity index (χ3n) is 6.27. The fourth-order valence-electron chi connectivity index (χ4n) is 4.32. The maximum absolute atomic E-state index is 14.1. The maximum Gasteiger partial charge on any atom is 0.370 e. The number of carbonyl (C=O) groups is 1. The second kappa shape index (κ2) is 12.2. The van der Waals surface area contributed by atoms with Gasteiger partial charge >= 0.3 is 5.97 Å². The Kier molecular flexibility index (Phi) is 9.54. The van der Waals surface area contributed by atoms with Crippen LogP contribution in [0.3, 0.4) is 0 Å². The average molecular weight is 540 g/mol. The number of ether oxygens (including phenoxy) is 2. The van der Waals surface area contributed by atoms with Gasteiger partial charge in [-0.3, -0.25) is 0 Å². The summed E-state index contributed by atoms with van der Waals surface area (Å²) in [6.07, 6.45) is 5.40. The molecule has 196 valence electrons. The molecular formula is C26H31F2NO5S2. The SMILES string of the molecule is CCCCC1CC(c2ccc(F)cc2)c2cc(SC)c(O/C=C(\F)C(=O)OCC)cc2S(=O)(=O)N1C. The van der Waals surface area contributed by atoms with E-state index < -0.39 is 21.8 Å². The Morgan fingerprint density at radius 3 is 2.53 bits per heavy atom. The van der Waals surface area contributed by atoms with Gasteiger partial charge in [-0.05, 0) is 55.3 Å². The Morgan fingerprint density at radius 1 is 1.22 bits per heavy atom. The van der Waals surface area contributed by atoms with E-state index in [1.54, 1.807) is 38.4 Å². The number of hydrogen-bond donors (Lipinski definition) is 0. The Balaban J connectivity index is 2.17. The van der Waals surface area contributed by atoms with E-state index >= 15 is 0 Å². The first-order valence-corrected chi connectivity index (χ1v) is 14.4. The summed E-state index contributed by atoms with van der Waals surface area (Å²) in [5.74, 6) is -2.98. The number of unbranched alkanes of at least 4 members (excludes halogenated alkanes) is 1. The van der Waals surface area contributed by atoms with Crippen molar-refractivity contribution in [3.05, 3.63) is 65.4 Å². The van der Waals surface area contributed by atoms with Crippen LogP contribution in [0.4, 0.5) is 8.78 Å². The maximum atomic E-state index is 14.1. The van der Waals surface area contributed by atoms with Crippen LogP contribution in [-0.2, 0) is 19.6 Å². The minimum atomic E-state index is -3.93. The van der Waals surface area contributed by atoms with Crippen LogP contribution in [0, 0.1) is 5.82 Å². The summed E-state index contributed by atoms with van der Waals surface area (Å²) in [6, 6.07) is 8.94. The van der Waals surface area contributed by atoms with E-state index in [9.17, 15) is 22.0 Å². The smallest absolute Gasteiger partial charge is 0.370 e. The van der Waals surface area contributed by atoms with E-state index in [2.05, 4.69) is 11.7 Å². The summed E-state index contributed by atoms with van der Waals surface area (Å²) in [6.45, 7) is 3.61. The number of sulfonamides is 1. The first-order chi connectivity index (χ1) is 17.1. The minimum Gasteiger partial charge on any atom is -0.461 e. The standard InChI is InChI=1S/C26H31F2NO5S2/c1-5-7-8-19-13-20(17-9-11-18(27)12-10-17)21-14-24(35-4)23(15-25(21)36(31,32)29(19)3)34-16-22(28)26(30)33-6-2/h9-12,14-16,19-20H,5-8,13H2,1-4H3/b22-16-. The van der Waals surface area contributed by atoms with Gasteiger partial charge < -0.3 is 9.47 Å². The Labute approximate surface area is 215 Å². The lowest BCUT2D eigenvalue weighted by Gasteiger charge is -2.26. The molecule has 10 heteroatoms. The first-order valence-electron chi connectivity index (χ1n) is 11.8. The summed E-state index contributed by atoms with van der Waals surface area (Å²) in [4.78, 5) is 12.2. The molecule has 0 radical (unpaired) electrons. The number of halogens is 2. The number of benzene rings is 2. The van der Waals surface area contributed by atoms with Crippen molar-refractivity contribution in [2.45, 2.75) is 61.3 Å². The quantitative estimate of drug-likeness (QED) is 0.168. The fourth-order valence-corrected chi connectivity index (χ4v) is 6.52. The fraction of sp³-hybridized carbons (Fsp3) is 0.423. The zero-order chi connectivity index (χ0) is 26.5. The molecule has 0 saturated heterocycles. The molecule has 0 spiro atoms. The number of hydrogen-bond acceptors (Lipinski definition) is 6. The molecule has 6 nitrogen and oxygen atoms in total. The van der Waals surface area contributed by atoms with Crippen LogP contribution in [0.2, 0.25) is 0 Å². The molecule has 0 N–H and O–H groups in total. The molecule has 1 heterocycles. The summed E-state index contributed by atoms with van der Waals surface area (Å²) in [5.41, 5.74) is 1.37. The van der Waals surface area contributed by atoms with Crippen LogP contribution < -0.4 is 4.74 Å². The Bertz CT molecular complexity index is 1220. The van der Waals surface area contributed by atoms with Crippen molar-refractivity contribution in [3.8, 4) is 5.75 Å². The minimum absolute atomic E-state index is 0.00352. The predicted molar refractivity (Wildman–Crippen MR) is 136 cm³/mol. The highest BCUT2D eigenvalue weighted by atomic mass is 32.2. The number of rotatable bonds is 9. The monoisotopic (exact) mass is 539 g/mol. The van der Waals surface area contributed by atoms with Gasteiger partial charge in [0.05, 0.1) is 16.4 Å². The van der Waals surface area contributed by atoms with Crippen LogP contribution in [0.5, 0.6) is 5.75 Å². The normalized spacial score (nSPS) is 19.9. The van der Waals surface area contributed by atoms with Gasteiger partial charge in [-0.25, -0.2) is 17.6 Å². The molecular weight excluding hydrogens is 508 g/mol. The van der Waals surface area contributed by atoms with Crippen molar-refractivity contribution in [2.24, 2.45) is 0 Å². The summed E-state index contributed by atoms with van der Waals surface area (Å²) in [7, 11) is -2.37. The zero-order valence-corrected chi connectivity index (χ0v) is 22.4. The van der Waals surface area contributed by atoms with Gasteiger partial charge in [-0.1, -0.05) is 31.9 Å². The van der Waals surface area contributed by atoms with E-state index in [-0.39, 0.29) is 35.0 Å². The van der Waals surface area contributed by atoms with E-state index in [1.165, 1.54) is 34.3 Å². The highest BCUT2D eigenvalue weighted by Gasteiger charge is 2.38. The van der Waals surface area contributed by atoms with E-state index in [1.807, 2.05) is 0 Å². The molecule has 2 aromatic rings. The molecule has 0 aliphatic carbocycles. The lowest BCUT2D eigenvalue weighted by Crippen LogP contribution is -2.36. The molecule has 2 unspecified atom stereocenters. The van der Waals surface area contributed by atoms with Crippen LogP contribution in [0.1, 0.15) is 56.6 Å². The van der Waals surface area contributed by atoms with Crippen LogP contribution in [-0.4, -0.2) is 44.6 Å². The molecule has 1 aliphatic heterocycles. The molecule has 0 fully saturated rings. The Morgan fingerprint density at radius 2 is 1.92 bits per heavy atom. The third-order valence-corrected chi connectivity index (χ3v) is 9.00. The topological polar surface area (TPSA) is 72.9 Å². The highest BCUT2D eigenvalue weighted by Crippen LogP contribution is 2.44. The lowest BCUT2D eigenvalue weighted by atomic mass is 9.84. The van der Waals surface area contributed by atoms with Crippen molar-refractivity contribution < 1.29 is 31.5 Å². The molecule has 36 heavy (non-hydrogen) atoms. The van der Waals surface area contributed by atoms with E-state index in [0.29, 0.717) is 29.6 Å². The van der Waals surface area contributed by atoms with Gasteiger partial charge in [0, 0.05) is 25.1 Å². The van der Waals surface area contributed by atoms with Crippen molar-refractivity contribution in [1.82, 2.24) is 4.31 Å². The molecule has 0 bridgehead atoms. The average Bonchev–Trinajstić information content (AvgIpc) is 2.94. The number of esters is 1. The summed E-state index contributed by atoms with van der Waals surface area (Å²) in [5, 5.41) is 0. The van der Waals surface area contributed by atoms with Gasteiger partial charge in [0.1, 0.15) is 17.8 Å². The van der Waals surface area contributed by atoms with Crippen molar-refractivity contribution in [3.63, 3.8) is 0 Å². The molecule has 3 rings (SSSR count). The highest BCUT2D eigenvalue weighted by molar-refractivity contribution is 7.98. The molecule has 2 atom stereocenters. The van der Waals surface area contributed by atoms with Crippen molar-refractivity contribution in [1.29, 1.82) is 0 Å². The molecule has 1 aliphatic rings. The summed E-state index contributed by atoms with van der Waals surface area (Å²) < 4.78 is 66.8. The molecule has 0 saturated carbocycles. The van der Waals surface area contributed by atoms with Gasteiger partial charge in [-0.2, -0.15) is 8.70 Å². The van der Waals surface area contributed by atoms with Crippen molar-refractivity contribution >= 4 is 27.8 Å². The van der Waals surface area contributed by atoms with Gasteiger partial charge in [0.15, 0.2) is 0 Å². The van der Waals surface area contributed by atoms with Gasteiger partial charge in [-0.15, -0.1) is 11.8 Å². The third kappa shape index (κ3) is 6.10. The number of nitrogens with zero attached hydrogens (tertiary/aromatic N) is 1. The Hall–Kier alpha value is -2.43. The van der Waals surface area contributed by atoms with Crippen LogP contribution in [0.25, 0.3) is 0 Å². The number of fused-ring (bicyclic) bond motifs is 1. The van der Waals surface area contributed by atoms with E-state index in [4.69, 9.17) is 4.74 Å². The first kappa shape index (κ1) is 28.1. The second-order valence-electron chi connectivity index (χ2n) is 8.50. The van der Waals surface area contributed by atoms with Crippen LogP contribution in [0.15, 0.2) is 58.3 Å². The zero-order valence-electron chi connectivity index (χ0n) is 20.8. The van der Waals surface area contributed by atoms with Crippen LogP contribution >= 0.6 is 11.8 Å². The van der Waals surface area contributed by atoms with E-state index in [0.717, 1.165) is 18.4 Å². The summed E-state index contributed by atoms with van der Waals surface area (Å²) >= 11 is 1.30. The second-order valence-corrected chi connectivity index (χ2v) is 11.3. The lowest BCUT2D eigenvalue weighted by molar-refractivity contribution is -0.140. The number of thioether (sulfide) groups is 1. The van der Waals surface area contributed by atoms with Crippen molar-refractivity contribution in [2.75, 3.05) is 19.9 Å². The molecule has 0 amide bonds. The molecule has 0 aromatic heterocycles. The predicted octanol–water partition coefficient (Wildman–Crippen LogP) is 6.02. The largest absolute Gasteiger partial charge is 0.461 e. The molecule has 2 aromatic carbocycles. The van der Waals surface area contributed by atoms with Gasteiger partial charge in [0.25, 0.3) is 0 Å².